The first-order valence-electron chi connectivity index (χ1n) is 7.67. The van der Waals surface area contributed by atoms with Crippen molar-refractivity contribution in [3.05, 3.63) is 0 Å². The number of hydrogen-bond donors (Lipinski definition) is 1. The molecule has 2 rings (SSSR count). The first kappa shape index (κ1) is 14.7. The molecule has 2 aliphatic carbocycles. The maximum atomic E-state index is 6.32. The van der Waals surface area contributed by atoms with E-state index in [0.717, 1.165) is 18.3 Å². The monoisotopic (exact) mass is 270 g/mol. The van der Waals surface area contributed by atoms with Crippen molar-refractivity contribution in [2.45, 2.75) is 71.8 Å². The van der Waals surface area contributed by atoms with Crippen molar-refractivity contribution in [1.82, 2.24) is 0 Å². The third-order valence-electron chi connectivity index (χ3n) is 4.97. The van der Waals surface area contributed by atoms with Gasteiger partial charge in [0.15, 0.2) is 0 Å². The zero-order chi connectivity index (χ0) is 13.2. The van der Waals surface area contributed by atoms with E-state index in [1.807, 2.05) is 0 Å². The Balaban J connectivity index is 1.85. The molecule has 18 heavy (non-hydrogen) atoms. The lowest BCUT2D eigenvalue weighted by atomic mass is 9.71. The molecule has 0 spiro atoms. The molecule has 0 amide bonds. The predicted octanol–water partition coefficient (Wildman–Crippen LogP) is 4.71. The Labute approximate surface area is 118 Å². The third kappa shape index (κ3) is 3.66. The summed E-state index contributed by atoms with van der Waals surface area (Å²) >= 11 is 4.57. The van der Waals surface area contributed by atoms with Gasteiger partial charge < -0.3 is 4.74 Å². The summed E-state index contributed by atoms with van der Waals surface area (Å²) in [6.45, 7) is 8.11. The van der Waals surface area contributed by atoms with Crippen LogP contribution < -0.4 is 0 Å². The van der Waals surface area contributed by atoms with E-state index in [1.54, 1.807) is 0 Å². The van der Waals surface area contributed by atoms with Crippen LogP contribution in [-0.4, -0.2) is 18.5 Å². The highest BCUT2D eigenvalue weighted by Gasteiger charge is 2.36. The van der Waals surface area contributed by atoms with Crippen LogP contribution in [0.4, 0.5) is 0 Å². The summed E-state index contributed by atoms with van der Waals surface area (Å²) in [7, 11) is 0. The fourth-order valence-electron chi connectivity index (χ4n) is 4.15. The van der Waals surface area contributed by atoms with Crippen LogP contribution in [0.3, 0.4) is 0 Å². The van der Waals surface area contributed by atoms with Crippen LogP contribution >= 0.6 is 12.6 Å². The molecule has 2 saturated carbocycles. The van der Waals surface area contributed by atoms with Gasteiger partial charge in [-0.05, 0) is 49.2 Å². The van der Waals surface area contributed by atoms with E-state index in [4.69, 9.17) is 4.74 Å². The lowest BCUT2D eigenvalue weighted by Crippen LogP contribution is -2.36. The molecule has 0 aromatic carbocycles. The fraction of sp³-hybridized carbons (Fsp3) is 1.00. The van der Waals surface area contributed by atoms with Crippen LogP contribution in [0.15, 0.2) is 0 Å². The van der Waals surface area contributed by atoms with Crippen molar-refractivity contribution in [3.8, 4) is 0 Å². The highest BCUT2D eigenvalue weighted by molar-refractivity contribution is 7.80. The molecule has 0 aromatic heterocycles. The summed E-state index contributed by atoms with van der Waals surface area (Å²) < 4.78 is 6.32. The van der Waals surface area contributed by atoms with E-state index < -0.39 is 0 Å². The first-order chi connectivity index (χ1) is 8.45. The van der Waals surface area contributed by atoms with E-state index in [-0.39, 0.29) is 0 Å². The molecule has 2 heteroatoms. The lowest BCUT2D eigenvalue weighted by molar-refractivity contribution is -0.0527. The molecule has 0 radical (unpaired) electrons. The molecule has 0 heterocycles. The van der Waals surface area contributed by atoms with Crippen molar-refractivity contribution < 1.29 is 4.74 Å². The summed E-state index contributed by atoms with van der Waals surface area (Å²) in [5, 5.41) is 0. The number of hydrogen-bond acceptors (Lipinski definition) is 2. The third-order valence-corrected chi connectivity index (χ3v) is 5.64. The molecule has 0 aromatic rings. The molecule has 0 N–H and O–H groups in total. The smallest absolute Gasteiger partial charge is 0.0583 e. The van der Waals surface area contributed by atoms with Crippen LogP contribution in [-0.2, 0) is 4.74 Å². The molecule has 1 nitrogen and oxygen atoms in total. The Morgan fingerprint density at radius 2 is 1.83 bits per heavy atom. The van der Waals surface area contributed by atoms with E-state index in [0.29, 0.717) is 16.9 Å². The van der Waals surface area contributed by atoms with Crippen molar-refractivity contribution in [3.63, 3.8) is 0 Å². The summed E-state index contributed by atoms with van der Waals surface area (Å²) in [5.74, 6) is 1.81. The van der Waals surface area contributed by atoms with E-state index in [9.17, 15) is 0 Å². The Hall–Kier alpha value is 0.310. The van der Waals surface area contributed by atoms with Gasteiger partial charge in [0, 0.05) is 5.41 Å². The Kier molecular flexibility index (Phi) is 4.70. The predicted molar refractivity (Wildman–Crippen MR) is 81.3 cm³/mol. The minimum Gasteiger partial charge on any atom is -0.378 e. The number of ether oxygens (including phenoxy) is 1. The van der Waals surface area contributed by atoms with Crippen molar-refractivity contribution in [2.75, 3.05) is 12.4 Å². The molecule has 0 saturated heterocycles. The normalized spacial score (nSPS) is 34.7. The topological polar surface area (TPSA) is 9.23 Å². The minimum atomic E-state index is 0.397. The van der Waals surface area contributed by atoms with Crippen molar-refractivity contribution in [1.29, 1.82) is 0 Å². The van der Waals surface area contributed by atoms with Crippen LogP contribution in [0.5, 0.6) is 0 Å². The number of thiol groups is 1. The standard InChI is InChI=1S/C16H30OS/c1-13-8-14(10-15(2,3)9-13)17-11-16(12-18)6-4-5-7-16/h13-14,18H,4-12H2,1-3H3. The van der Waals surface area contributed by atoms with Crippen LogP contribution in [0.1, 0.15) is 65.7 Å². The molecule has 2 unspecified atom stereocenters. The summed E-state index contributed by atoms with van der Waals surface area (Å²) in [6.07, 6.45) is 9.72. The molecular weight excluding hydrogens is 240 g/mol. The lowest BCUT2D eigenvalue weighted by Gasteiger charge is -2.40. The van der Waals surface area contributed by atoms with Gasteiger partial charge in [-0.25, -0.2) is 0 Å². The second-order valence-corrected chi connectivity index (χ2v) is 8.03. The Morgan fingerprint density at radius 1 is 1.17 bits per heavy atom. The van der Waals surface area contributed by atoms with Gasteiger partial charge in [-0.15, -0.1) is 0 Å². The van der Waals surface area contributed by atoms with Gasteiger partial charge >= 0.3 is 0 Å². The van der Waals surface area contributed by atoms with Gasteiger partial charge in [0.05, 0.1) is 12.7 Å². The molecule has 2 aliphatic rings. The largest absolute Gasteiger partial charge is 0.378 e. The zero-order valence-corrected chi connectivity index (χ0v) is 13.3. The molecule has 2 fully saturated rings. The van der Waals surface area contributed by atoms with Gasteiger partial charge in [0.25, 0.3) is 0 Å². The highest BCUT2D eigenvalue weighted by Crippen LogP contribution is 2.43. The zero-order valence-electron chi connectivity index (χ0n) is 12.4. The molecule has 2 atom stereocenters. The van der Waals surface area contributed by atoms with Crippen molar-refractivity contribution in [2.24, 2.45) is 16.7 Å². The quantitative estimate of drug-likeness (QED) is 0.728. The maximum absolute atomic E-state index is 6.32. The van der Waals surface area contributed by atoms with Crippen LogP contribution in [0.25, 0.3) is 0 Å². The SMILES string of the molecule is CC1CC(OCC2(CS)CCCC2)CC(C)(C)C1. The second-order valence-electron chi connectivity index (χ2n) is 7.71. The van der Waals surface area contributed by atoms with Gasteiger partial charge in [-0.3, -0.25) is 0 Å². The Bertz CT molecular complexity index is 268. The average molecular weight is 270 g/mol. The Morgan fingerprint density at radius 3 is 2.39 bits per heavy atom. The van der Waals surface area contributed by atoms with Crippen LogP contribution in [0, 0.1) is 16.7 Å². The van der Waals surface area contributed by atoms with Crippen molar-refractivity contribution >= 4 is 12.6 Å². The van der Waals surface area contributed by atoms with Gasteiger partial charge in [-0.1, -0.05) is 33.6 Å². The minimum absolute atomic E-state index is 0.397. The molecule has 0 bridgehead atoms. The van der Waals surface area contributed by atoms with E-state index >= 15 is 0 Å². The maximum Gasteiger partial charge on any atom is 0.0583 e. The average Bonchev–Trinajstić information content (AvgIpc) is 2.73. The fourth-order valence-corrected chi connectivity index (χ4v) is 4.56. The molecule has 0 aliphatic heterocycles. The van der Waals surface area contributed by atoms with Gasteiger partial charge in [0.1, 0.15) is 0 Å². The summed E-state index contributed by atoms with van der Waals surface area (Å²) in [4.78, 5) is 0. The summed E-state index contributed by atoms with van der Waals surface area (Å²) in [5.41, 5.74) is 0.861. The van der Waals surface area contributed by atoms with Gasteiger partial charge in [-0.2, -0.15) is 12.6 Å². The second kappa shape index (κ2) is 5.75. The van der Waals surface area contributed by atoms with Crippen LogP contribution in [0.2, 0.25) is 0 Å². The highest BCUT2D eigenvalue weighted by atomic mass is 32.1. The first-order valence-corrected chi connectivity index (χ1v) is 8.30. The molecular formula is C16H30OS. The van der Waals surface area contributed by atoms with E-state index in [2.05, 4.69) is 33.4 Å². The van der Waals surface area contributed by atoms with E-state index in [1.165, 1.54) is 44.9 Å². The summed E-state index contributed by atoms with van der Waals surface area (Å²) in [6, 6.07) is 0. The molecule has 106 valence electrons. The number of rotatable bonds is 4. The van der Waals surface area contributed by atoms with Gasteiger partial charge in [0.2, 0.25) is 0 Å².